The number of ether oxygens (including phenoxy) is 2. The topological polar surface area (TPSA) is 133 Å². The summed E-state index contributed by atoms with van der Waals surface area (Å²) in [5.41, 5.74) is 18.5. The maximum atomic E-state index is 6.24. The van der Waals surface area contributed by atoms with E-state index in [0.29, 0.717) is 13.2 Å². The first-order valence-corrected chi connectivity index (χ1v) is 23.7. The molecule has 338 valence electrons. The number of aryl methyl sites for hydroxylation is 2. The highest BCUT2D eigenvalue weighted by atomic mass is 16.5. The number of hydrogen-bond acceptors (Lipinski definition) is 6. The molecule has 1 aliphatic carbocycles. The molecule has 0 unspecified atom stereocenters. The Kier molecular flexibility index (Phi) is 11.5. The second kappa shape index (κ2) is 18.4. The molecule has 5 aromatic carbocycles. The van der Waals surface area contributed by atoms with Gasteiger partial charge in [-0.05, 0) is 128 Å². The van der Waals surface area contributed by atoms with Crippen LogP contribution in [0.3, 0.4) is 0 Å². The Morgan fingerprint density at radius 2 is 1.06 bits per heavy atom. The summed E-state index contributed by atoms with van der Waals surface area (Å²) >= 11 is 0. The quantitative estimate of drug-likeness (QED) is 0.101. The van der Waals surface area contributed by atoms with Gasteiger partial charge in [0.05, 0.1) is 40.5 Å². The van der Waals surface area contributed by atoms with E-state index >= 15 is 0 Å². The zero-order valence-corrected chi connectivity index (χ0v) is 39.0. The smallest absolute Gasteiger partial charge is 0.128 e. The molecule has 0 fully saturated rings. The molecular formula is C58H54N8O2. The van der Waals surface area contributed by atoms with Crippen LogP contribution in [0, 0.1) is 0 Å². The molecule has 0 saturated carbocycles. The van der Waals surface area contributed by atoms with Gasteiger partial charge in [0.15, 0.2) is 0 Å². The van der Waals surface area contributed by atoms with E-state index < -0.39 is 0 Å². The van der Waals surface area contributed by atoms with E-state index in [1.165, 1.54) is 44.5 Å². The van der Waals surface area contributed by atoms with Gasteiger partial charge in [-0.15, -0.1) is 0 Å². The lowest BCUT2D eigenvalue weighted by atomic mass is 9.85. The molecule has 4 aromatic heterocycles. The molecule has 10 nitrogen and oxygen atoms in total. The number of rotatable bonds is 10. The van der Waals surface area contributed by atoms with Gasteiger partial charge in [-0.3, -0.25) is 0 Å². The van der Waals surface area contributed by atoms with E-state index in [-0.39, 0.29) is 0 Å². The lowest BCUT2D eigenvalue weighted by Crippen LogP contribution is -2.10. The van der Waals surface area contributed by atoms with Crippen LogP contribution in [0.15, 0.2) is 134 Å². The van der Waals surface area contributed by atoms with Gasteiger partial charge in [-0.2, -0.15) is 0 Å². The highest BCUT2D eigenvalue weighted by molar-refractivity contribution is 6.06. The fourth-order valence-corrected chi connectivity index (χ4v) is 9.64. The van der Waals surface area contributed by atoms with Gasteiger partial charge in [-0.25, -0.2) is 19.9 Å². The Balaban J connectivity index is 0.000000149. The highest BCUT2D eigenvalue weighted by Crippen LogP contribution is 2.45. The Labute approximate surface area is 396 Å². The van der Waals surface area contributed by atoms with Gasteiger partial charge in [0, 0.05) is 64.6 Å². The molecule has 0 amide bonds. The fraction of sp³-hybridized carbons (Fsp3) is 0.207. The van der Waals surface area contributed by atoms with Gasteiger partial charge in [0.2, 0.25) is 0 Å². The predicted octanol–water partition coefficient (Wildman–Crippen LogP) is 13.3. The van der Waals surface area contributed by atoms with Crippen molar-refractivity contribution in [3.05, 3.63) is 179 Å². The number of nitrogens with one attached hydrogen (secondary N) is 4. The van der Waals surface area contributed by atoms with Crippen LogP contribution < -0.4 is 9.47 Å². The average molecular weight is 895 g/mol. The normalized spacial score (nSPS) is 13.6. The largest absolute Gasteiger partial charge is 0.488 e. The van der Waals surface area contributed by atoms with Crippen LogP contribution in [0.4, 0.5) is 0 Å². The molecule has 0 spiro atoms. The first-order chi connectivity index (χ1) is 33.5. The summed E-state index contributed by atoms with van der Waals surface area (Å²) in [5.74, 6) is 5.79. The summed E-state index contributed by atoms with van der Waals surface area (Å²) < 4.78 is 12.5. The number of fused-ring (bicyclic) bond motifs is 12. The summed E-state index contributed by atoms with van der Waals surface area (Å²) in [7, 11) is 0. The third-order valence-corrected chi connectivity index (χ3v) is 13.2. The van der Waals surface area contributed by atoms with Gasteiger partial charge >= 0.3 is 0 Å². The first-order valence-electron chi connectivity index (χ1n) is 23.7. The van der Waals surface area contributed by atoms with Crippen LogP contribution in [0.25, 0.3) is 77.8 Å². The van der Waals surface area contributed by atoms with E-state index in [9.17, 15) is 0 Å². The van der Waals surface area contributed by atoms with Crippen LogP contribution in [0.2, 0.25) is 0 Å². The predicted molar refractivity (Wildman–Crippen MR) is 274 cm³/mol. The molecule has 9 aromatic rings. The lowest BCUT2D eigenvalue weighted by molar-refractivity contribution is 0.302. The number of allylic oxidation sites excluding steroid dienone is 8. The number of nitrogens with zero attached hydrogens (tertiary/aromatic N) is 4. The van der Waals surface area contributed by atoms with E-state index in [1.54, 1.807) is 0 Å². The summed E-state index contributed by atoms with van der Waals surface area (Å²) in [4.78, 5) is 32.6. The molecule has 12 rings (SSSR count). The van der Waals surface area contributed by atoms with Crippen LogP contribution in [-0.4, -0.2) is 39.9 Å². The Morgan fingerprint density at radius 1 is 0.500 bits per heavy atom. The number of hydrogen-bond donors (Lipinski definition) is 4. The van der Waals surface area contributed by atoms with Crippen molar-refractivity contribution in [3.63, 3.8) is 0 Å². The maximum Gasteiger partial charge on any atom is 0.128 e. The Hall–Kier alpha value is -7.98. The minimum Gasteiger partial charge on any atom is -0.488 e. The molecule has 0 saturated heterocycles. The maximum absolute atomic E-state index is 6.24. The fourth-order valence-electron chi connectivity index (χ4n) is 9.64. The molecule has 2 aliphatic heterocycles. The van der Waals surface area contributed by atoms with E-state index in [2.05, 4.69) is 139 Å². The van der Waals surface area contributed by atoms with Crippen molar-refractivity contribution < 1.29 is 9.47 Å². The Morgan fingerprint density at radius 3 is 1.68 bits per heavy atom. The van der Waals surface area contributed by atoms with Gasteiger partial charge in [-0.1, -0.05) is 66.8 Å². The van der Waals surface area contributed by atoms with E-state index in [1.807, 2.05) is 52.2 Å². The summed E-state index contributed by atoms with van der Waals surface area (Å²) in [6.07, 6.45) is 25.8. The number of imidazole rings is 4. The summed E-state index contributed by atoms with van der Waals surface area (Å²) in [6, 6.07) is 26.3. The van der Waals surface area contributed by atoms with Crippen molar-refractivity contribution >= 4 is 21.8 Å². The van der Waals surface area contributed by atoms with Crippen LogP contribution in [-0.2, 0) is 51.7 Å². The lowest BCUT2D eigenvalue weighted by Gasteiger charge is -2.25. The number of aromatic nitrogens is 8. The minimum absolute atomic E-state index is 0.545. The monoisotopic (exact) mass is 894 g/mol. The van der Waals surface area contributed by atoms with Gasteiger partial charge in [0.1, 0.15) is 48.0 Å². The van der Waals surface area contributed by atoms with Crippen LogP contribution in [0.5, 0.6) is 11.5 Å². The highest BCUT2D eigenvalue weighted by Gasteiger charge is 2.26. The van der Waals surface area contributed by atoms with Crippen molar-refractivity contribution in [2.24, 2.45) is 0 Å². The average Bonchev–Trinajstić information content (AvgIpc) is 4.22. The number of aromatic amines is 4. The summed E-state index contributed by atoms with van der Waals surface area (Å²) in [5, 5.41) is 2.35. The molecule has 10 heteroatoms. The molecule has 68 heavy (non-hydrogen) atoms. The van der Waals surface area contributed by atoms with Crippen molar-refractivity contribution in [1.29, 1.82) is 0 Å². The second-order valence-electron chi connectivity index (χ2n) is 17.6. The molecule has 3 aliphatic rings. The SMILES string of the molecule is CC=CCc1ncc(-c2ccc3c(c2)OCc2cc4c(cc2-3)CCc2[nH]c(CC=CC)nc2-4)[nH]1.CC=CCc1ncc(-c2ccc3c(c2)OCc2cc4c(ccc5[nH]c(CC=CC)nc54)cc2-3)[nH]1. The molecule has 6 heterocycles. The van der Waals surface area contributed by atoms with Gasteiger partial charge < -0.3 is 29.4 Å². The van der Waals surface area contributed by atoms with E-state index in [4.69, 9.17) is 19.4 Å². The Bertz CT molecular complexity index is 3480. The van der Waals surface area contributed by atoms with Crippen molar-refractivity contribution in [2.45, 2.75) is 79.4 Å². The second-order valence-corrected chi connectivity index (χ2v) is 17.6. The zero-order valence-electron chi connectivity index (χ0n) is 39.0. The van der Waals surface area contributed by atoms with Crippen LogP contribution in [0.1, 0.15) is 73.4 Å². The first kappa shape index (κ1) is 42.6. The summed E-state index contributed by atoms with van der Waals surface area (Å²) in [6.45, 7) is 9.23. The molecule has 0 bridgehead atoms. The third-order valence-electron chi connectivity index (χ3n) is 13.2. The van der Waals surface area contributed by atoms with Crippen LogP contribution >= 0.6 is 0 Å². The number of benzene rings is 5. The minimum atomic E-state index is 0.545. The molecule has 0 radical (unpaired) electrons. The van der Waals surface area contributed by atoms with Crippen molar-refractivity contribution in [3.8, 4) is 67.5 Å². The standard InChI is InChI=1S/C29H28N4O.C29H26N4O/c2*1-3-5-7-27-30-16-25(32-27)19-9-11-21-22-13-18-10-12-24-29(33-28(31-24)8-6-4-2)23(18)14-20(22)17-34-26(21)15-19/h3-6,9,11,13-16H,7-8,10,12,17H2,1-2H3,(H,30,32)(H,31,33);3-6,9-16H,7-8,17H2,1-2H3,(H,30,32)(H,31,33). The van der Waals surface area contributed by atoms with E-state index in [0.717, 1.165) is 129 Å². The molecule has 4 N–H and O–H groups in total. The van der Waals surface area contributed by atoms with Crippen molar-refractivity contribution in [1.82, 2.24) is 39.9 Å². The van der Waals surface area contributed by atoms with Crippen molar-refractivity contribution in [2.75, 3.05) is 0 Å². The van der Waals surface area contributed by atoms with Gasteiger partial charge in [0.25, 0.3) is 0 Å². The molecular weight excluding hydrogens is 841 g/mol. The molecule has 0 atom stereocenters. The zero-order chi connectivity index (χ0) is 46.1. The number of H-pyrrole nitrogens is 4. The third kappa shape index (κ3) is 8.16.